The Morgan fingerprint density at radius 2 is 1.74 bits per heavy atom. The fourth-order valence-corrected chi connectivity index (χ4v) is 7.79. The van der Waals surface area contributed by atoms with E-state index in [-0.39, 0.29) is 5.01 Å². The molecule has 3 aromatic rings. The Kier molecular flexibility index (Phi) is 10.7. The van der Waals surface area contributed by atoms with Gasteiger partial charge in [-0.2, -0.15) is 13.2 Å². The van der Waals surface area contributed by atoms with Crippen molar-refractivity contribution in [1.82, 2.24) is 15.2 Å². The molecule has 1 fully saturated rings. The van der Waals surface area contributed by atoms with E-state index in [1.165, 1.54) is 0 Å². The highest BCUT2D eigenvalue weighted by molar-refractivity contribution is 7.92. The minimum Gasteiger partial charge on any atom is -0.492 e. The van der Waals surface area contributed by atoms with Crippen LogP contribution in [0.4, 0.5) is 13.2 Å². The van der Waals surface area contributed by atoms with E-state index in [2.05, 4.69) is 15.2 Å². The lowest BCUT2D eigenvalue weighted by Crippen LogP contribution is -2.38. The second-order valence-corrected chi connectivity index (χ2v) is 14.8. The smallest absolute Gasteiger partial charge is 0.390 e. The molecule has 2 heterocycles. The molecule has 2 aromatic carbocycles. The maximum absolute atomic E-state index is 13.0. The molecule has 1 aliphatic heterocycles. The van der Waals surface area contributed by atoms with E-state index in [0.717, 1.165) is 42.1 Å². The number of benzene rings is 2. The number of nitrogens with two attached hydrogens (primary N) is 1. The predicted octanol–water partition coefficient (Wildman–Crippen LogP) is 2.49. The number of alkyl halides is 3. The van der Waals surface area contributed by atoms with Gasteiger partial charge < -0.3 is 14.8 Å². The van der Waals surface area contributed by atoms with Crippen LogP contribution in [-0.4, -0.2) is 96.3 Å². The van der Waals surface area contributed by atoms with Gasteiger partial charge in [0.15, 0.2) is 15.1 Å². The molecule has 1 atom stereocenters. The highest BCUT2D eigenvalue weighted by atomic mass is 32.2. The number of sulfone groups is 1. The first-order chi connectivity index (χ1) is 20.2. The summed E-state index contributed by atoms with van der Waals surface area (Å²) in [6, 6.07) is 12.5. The fraction of sp³-hybridized carbons (Fsp3) is 0.462. The third kappa shape index (κ3) is 9.84. The van der Waals surface area contributed by atoms with Crippen molar-refractivity contribution in [3.63, 3.8) is 0 Å². The normalized spacial score (nSPS) is 15.8. The SMILES string of the molecule is NS(=O)(=O)CCNC(=O)C(c1nc2ccc(-c3ccc(OCCN4CCOCC4)cc3)cc2s1)S(=O)(=O)CCC(F)(F)F. The molecule has 11 nitrogen and oxygen atoms in total. The number of halogens is 3. The van der Waals surface area contributed by atoms with E-state index in [1.807, 2.05) is 24.3 Å². The Morgan fingerprint density at radius 1 is 1.07 bits per heavy atom. The monoisotopic (exact) mass is 664 g/mol. The predicted molar refractivity (Wildman–Crippen MR) is 156 cm³/mol. The lowest BCUT2D eigenvalue weighted by Gasteiger charge is -2.26. The number of morpholine rings is 1. The summed E-state index contributed by atoms with van der Waals surface area (Å²) >= 11 is 0.856. The molecule has 43 heavy (non-hydrogen) atoms. The van der Waals surface area contributed by atoms with E-state index in [4.69, 9.17) is 14.6 Å². The van der Waals surface area contributed by atoms with Gasteiger partial charge in [-0.1, -0.05) is 18.2 Å². The molecule has 4 rings (SSSR count). The minimum absolute atomic E-state index is 0.230. The highest BCUT2D eigenvalue weighted by Crippen LogP contribution is 2.35. The maximum atomic E-state index is 13.0. The van der Waals surface area contributed by atoms with Crippen LogP contribution in [0.25, 0.3) is 21.3 Å². The minimum atomic E-state index is -4.77. The van der Waals surface area contributed by atoms with Gasteiger partial charge in [0, 0.05) is 26.2 Å². The Bertz CT molecular complexity index is 1620. The Hall–Kier alpha value is -2.83. The van der Waals surface area contributed by atoms with Crippen LogP contribution in [0.5, 0.6) is 5.75 Å². The molecule has 1 amide bonds. The topological polar surface area (TPSA) is 158 Å². The van der Waals surface area contributed by atoms with E-state index >= 15 is 0 Å². The number of fused-ring (bicyclic) bond motifs is 1. The quantitative estimate of drug-likeness (QED) is 0.280. The lowest BCUT2D eigenvalue weighted by molar-refractivity contribution is -0.130. The molecule has 0 bridgehead atoms. The summed E-state index contributed by atoms with van der Waals surface area (Å²) in [7, 11) is -8.67. The summed E-state index contributed by atoms with van der Waals surface area (Å²) in [4.78, 5) is 19.4. The standard InChI is InChI=1S/C26H31F3N4O7S3/c27-26(28,29)7-15-42(35,36)23(24(34)31-8-16-43(30,37)38)25-32-21-6-3-19(17-22(21)41-25)18-1-4-20(5-2-18)40-14-11-33-9-12-39-13-10-33/h1-6,17,23H,7-16H2,(H,31,34)(H2,30,37,38). The molecular formula is C26H31F3N4O7S3. The van der Waals surface area contributed by atoms with Gasteiger partial charge in [-0.3, -0.25) is 9.69 Å². The van der Waals surface area contributed by atoms with Gasteiger partial charge in [0.05, 0.1) is 41.4 Å². The summed E-state index contributed by atoms with van der Waals surface area (Å²) in [5.74, 6) is -2.52. The maximum Gasteiger partial charge on any atom is 0.390 e. The number of ether oxygens (including phenoxy) is 2. The number of nitrogens with one attached hydrogen (secondary N) is 1. The zero-order valence-corrected chi connectivity index (χ0v) is 25.3. The van der Waals surface area contributed by atoms with Gasteiger partial charge in [0.1, 0.15) is 17.4 Å². The number of thiazole rings is 1. The average molecular weight is 665 g/mol. The molecule has 3 N–H and O–H groups in total. The number of hydrogen-bond acceptors (Lipinski definition) is 10. The first-order valence-electron chi connectivity index (χ1n) is 13.2. The van der Waals surface area contributed by atoms with Crippen LogP contribution in [0.3, 0.4) is 0 Å². The highest BCUT2D eigenvalue weighted by Gasteiger charge is 2.40. The van der Waals surface area contributed by atoms with Gasteiger partial charge >= 0.3 is 6.18 Å². The van der Waals surface area contributed by atoms with Crippen LogP contribution in [0, 0.1) is 0 Å². The van der Waals surface area contributed by atoms with Crippen molar-refractivity contribution in [3.05, 3.63) is 47.5 Å². The first-order valence-corrected chi connectivity index (χ1v) is 17.5. The Morgan fingerprint density at radius 3 is 2.40 bits per heavy atom. The molecule has 17 heteroatoms. The van der Waals surface area contributed by atoms with Crippen LogP contribution >= 0.6 is 11.3 Å². The zero-order chi connectivity index (χ0) is 31.3. The molecule has 0 saturated carbocycles. The summed E-state index contributed by atoms with van der Waals surface area (Å²) in [5, 5.41) is 4.77. The van der Waals surface area contributed by atoms with Crippen molar-refractivity contribution in [3.8, 4) is 16.9 Å². The number of nitrogens with zero attached hydrogens (tertiary/aromatic N) is 2. The summed E-state index contributed by atoms with van der Waals surface area (Å²) in [5.41, 5.74) is 1.93. The number of carbonyl (C=O) groups is 1. The van der Waals surface area contributed by atoms with Gasteiger partial charge in [0.25, 0.3) is 0 Å². The zero-order valence-electron chi connectivity index (χ0n) is 22.9. The van der Waals surface area contributed by atoms with Crippen molar-refractivity contribution in [2.45, 2.75) is 17.8 Å². The molecule has 0 aliphatic carbocycles. The Balaban J connectivity index is 1.52. The van der Waals surface area contributed by atoms with Crippen LogP contribution in [-0.2, 0) is 29.4 Å². The van der Waals surface area contributed by atoms with Crippen molar-refractivity contribution in [2.75, 3.05) is 57.5 Å². The molecule has 1 aromatic heterocycles. The van der Waals surface area contributed by atoms with E-state index in [1.54, 1.807) is 18.2 Å². The molecular weight excluding hydrogens is 634 g/mol. The van der Waals surface area contributed by atoms with Crippen LogP contribution in [0.15, 0.2) is 42.5 Å². The number of aromatic nitrogens is 1. The Labute approximate surface area is 251 Å². The first kappa shape index (κ1) is 33.1. The summed E-state index contributed by atoms with van der Waals surface area (Å²) < 4.78 is 98.6. The molecule has 1 unspecified atom stereocenters. The van der Waals surface area contributed by atoms with Gasteiger partial charge in [0.2, 0.25) is 15.9 Å². The molecule has 0 spiro atoms. The lowest BCUT2D eigenvalue weighted by atomic mass is 10.1. The number of hydrogen-bond donors (Lipinski definition) is 2. The second kappa shape index (κ2) is 13.9. The number of sulfonamides is 1. The average Bonchev–Trinajstić information content (AvgIpc) is 3.34. The van der Waals surface area contributed by atoms with Crippen LogP contribution in [0.2, 0.25) is 0 Å². The summed E-state index contributed by atoms with van der Waals surface area (Å²) in [6.07, 6.45) is -6.42. The molecule has 1 aliphatic rings. The van der Waals surface area contributed by atoms with Gasteiger partial charge in [-0.25, -0.2) is 27.0 Å². The molecule has 1 saturated heterocycles. The fourth-order valence-electron chi connectivity index (χ4n) is 4.31. The van der Waals surface area contributed by atoms with E-state index in [9.17, 15) is 34.8 Å². The van der Waals surface area contributed by atoms with Crippen molar-refractivity contribution in [2.24, 2.45) is 5.14 Å². The van der Waals surface area contributed by atoms with E-state index < -0.39 is 61.7 Å². The summed E-state index contributed by atoms with van der Waals surface area (Å²) in [6.45, 7) is 3.95. The second-order valence-electron chi connectivity index (χ2n) is 9.83. The third-order valence-electron chi connectivity index (χ3n) is 6.55. The van der Waals surface area contributed by atoms with Gasteiger partial charge in [-0.05, 0) is 35.4 Å². The van der Waals surface area contributed by atoms with Crippen LogP contribution < -0.4 is 15.2 Å². The number of rotatable bonds is 13. The van der Waals surface area contributed by atoms with Crippen molar-refractivity contribution in [1.29, 1.82) is 0 Å². The van der Waals surface area contributed by atoms with Crippen LogP contribution in [0.1, 0.15) is 16.7 Å². The number of primary sulfonamides is 1. The number of amides is 1. The van der Waals surface area contributed by atoms with Crippen molar-refractivity contribution >= 4 is 47.3 Å². The van der Waals surface area contributed by atoms with Crippen molar-refractivity contribution < 1.29 is 44.3 Å². The number of carbonyl (C=O) groups excluding carboxylic acids is 1. The van der Waals surface area contributed by atoms with E-state index in [0.29, 0.717) is 35.8 Å². The van der Waals surface area contributed by atoms with Gasteiger partial charge in [-0.15, -0.1) is 11.3 Å². The molecule has 236 valence electrons. The largest absolute Gasteiger partial charge is 0.492 e. The molecule has 0 radical (unpaired) electrons. The third-order valence-corrected chi connectivity index (χ3v) is 10.5.